The zero-order chi connectivity index (χ0) is 15.0. The highest BCUT2D eigenvalue weighted by Gasteiger charge is 2.13. The molecular formula is C15H14BrN5. The minimum Gasteiger partial charge on any atom is -0.398 e. The van der Waals surface area contributed by atoms with Gasteiger partial charge in [0.05, 0.1) is 5.69 Å². The molecule has 3 rings (SSSR count). The van der Waals surface area contributed by atoms with Crippen LogP contribution in [0.4, 0.5) is 5.69 Å². The first-order valence-corrected chi connectivity index (χ1v) is 7.27. The molecule has 1 aromatic heterocycles. The second kappa shape index (κ2) is 5.29. The lowest BCUT2D eigenvalue weighted by Crippen LogP contribution is -2.01. The Kier molecular flexibility index (Phi) is 3.47. The van der Waals surface area contributed by atoms with Crippen LogP contribution in [0.2, 0.25) is 0 Å². The summed E-state index contributed by atoms with van der Waals surface area (Å²) in [6.07, 6.45) is 0. The Morgan fingerprint density at radius 1 is 1.10 bits per heavy atom. The van der Waals surface area contributed by atoms with E-state index in [4.69, 9.17) is 5.73 Å². The van der Waals surface area contributed by atoms with Gasteiger partial charge in [-0.25, -0.2) is 0 Å². The Morgan fingerprint density at radius 2 is 1.90 bits per heavy atom. The highest BCUT2D eigenvalue weighted by Crippen LogP contribution is 2.27. The molecule has 6 heteroatoms. The number of rotatable bonds is 2. The molecule has 0 unspecified atom stereocenters. The highest BCUT2D eigenvalue weighted by molar-refractivity contribution is 9.10. The number of nitrogens with two attached hydrogens (primary N) is 1. The predicted molar refractivity (Wildman–Crippen MR) is 86.2 cm³/mol. The molecule has 3 aromatic rings. The average Bonchev–Trinajstić information content (AvgIpc) is 2.91. The maximum atomic E-state index is 5.98. The number of aryl methyl sites for hydroxylation is 2. The lowest BCUT2D eigenvalue weighted by molar-refractivity contribution is 0.788. The molecule has 2 aromatic carbocycles. The summed E-state index contributed by atoms with van der Waals surface area (Å²) in [6, 6.07) is 11.9. The van der Waals surface area contributed by atoms with E-state index in [0.29, 0.717) is 5.82 Å². The average molecular weight is 344 g/mol. The standard InChI is InChI=1S/C15H14BrN5/c1-9-3-6-14(12(16)7-9)21-15(18-19-20-21)11-5-4-10(2)13(17)8-11/h3-8H,17H2,1-2H3. The van der Waals surface area contributed by atoms with Crippen molar-refractivity contribution >= 4 is 21.6 Å². The number of nitrogens with zero attached hydrogens (tertiary/aromatic N) is 4. The van der Waals surface area contributed by atoms with E-state index in [1.54, 1.807) is 4.68 Å². The molecule has 0 saturated carbocycles. The molecule has 106 valence electrons. The second-order valence-corrected chi connectivity index (χ2v) is 5.79. The van der Waals surface area contributed by atoms with Crippen molar-refractivity contribution < 1.29 is 0 Å². The molecule has 1 heterocycles. The van der Waals surface area contributed by atoms with E-state index < -0.39 is 0 Å². The first kappa shape index (κ1) is 13.8. The Hall–Kier alpha value is -2.21. The monoisotopic (exact) mass is 343 g/mol. The van der Waals surface area contributed by atoms with Crippen LogP contribution in [-0.2, 0) is 0 Å². The van der Waals surface area contributed by atoms with Crippen LogP contribution in [-0.4, -0.2) is 20.2 Å². The molecule has 2 N–H and O–H groups in total. The molecule has 0 spiro atoms. The molecule has 0 aliphatic heterocycles. The number of hydrogen-bond acceptors (Lipinski definition) is 4. The van der Waals surface area contributed by atoms with Crippen molar-refractivity contribution in [2.45, 2.75) is 13.8 Å². The highest BCUT2D eigenvalue weighted by atomic mass is 79.9. The Labute approximate surface area is 130 Å². The fourth-order valence-electron chi connectivity index (χ4n) is 2.09. The summed E-state index contributed by atoms with van der Waals surface area (Å²) in [4.78, 5) is 0. The van der Waals surface area contributed by atoms with E-state index in [1.165, 1.54) is 5.56 Å². The maximum absolute atomic E-state index is 5.98. The Morgan fingerprint density at radius 3 is 2.62 bits per heavy atom. The first-order valence-electron chi connectivity index (χ1n) is 6.47. The topological polar surface area (TPSA) is 69.6 Å². The third-order valence-corrected chi connectivity index (χ3v) is 3.97. The maximum Gasteiger partial charge on any atom is 0.187 e. The largest absolute Gasteiger partial charge is 0.398 e. The van der Waals surface area contributed by atoms with E-state index >= 15 is 0 Å². The number of anilines is 1. The number of hydrogen-bond donors (Lipinski definition) is 1. The van der Waals surface area contributed by atoms with Gasteiger partial charge in [0.25, 0.3) is 0 Å². The summed E-state index contributed by atoms with van der Waals surface area (Å²) in [7, 11) is 0. The van der Waals surface area contributed by atoms with Gasteiger partial charge in [-0.05, 0) is 69.5 Å². The minimum absolute atomic E-state index is 0.659. The van der Waals surface area contributed by atoms with Crippen LogP contribution in [0, 0.1) is 13.8 Å². The SMILES string of the molecule is Cc1ccc(-n2nnnc2-c2ccc(C)c(N)c2)c(Br)c1. The van der Waals surface area contributed by atoms with Crippen molar-refractivity contribution in [2.75, 3.05) is 5.73 Å². The zero-order valence-electron chi connectivity index (χ0n) is 11.7. The van der Waals surface area contributed by atoms with Crippen LogP contribution in [0.3, 0.4) is 0 Å². The van der Waals surface area contributed by atoms with Crippen LogP contribution in [0.5, 0.6) is 0 Å². The smallest absolute Gasteiger partial charge is 0.187 e. The summed E-state index contributed by atoms with van der Waals surface area (Å²) >= 11 is 3.56. The van der Waals surface area contributed by atoms with E-state index in [1.807, 2.05) is 50.2 Å². The molecule has 0 radical (unpaired) electrons. The van der Waals surface area contributed by atoms with Gasteiger partial charge in [0, 0.05) is 15.7 Å². The van der Waals surface area contributed by atoms with Crippen molar-refractivity contribution in [3.63, 3.8) is 0 Å². The minimum atomic E-state index is 0.659. The molecule has 0 aliphatic rings. The Balaban J connectivity index is 2.14. The van der Waals surface area contributed by atoms with Crippen molar-refractivity contribution in [3.05, 3.63) is 52.0 Å². The van der Waals surface area contributed by atoms with Gasteiger partial charge in [0.15, 0.2) is 5.82 Å². The lowest BCUT2D eigenvalue weighted by Gasteiger charge is -2.08. The summed E-state index contributed by atoms with van der Waals surface area (Å²) in [5.74, 6) is 0.659. The van der Waals surface area contributed by atoms with E-state index in [0.717, 1.165) is 27.0 Å². The number of nitrogen functional groups attached to an aromatic ring is 1. The van der Waals surface area contributed by atoms with Crippen molar-refractivity contribution in [2.24, 2.45) is 0 Å². The molecule has 0 fully saturated rings. The quantitative estimate of drug-likeness (QED) is 0.725. The molecule has 0 bridgehead atoms. The van der Waals surface area contributed by atoms with Crippen LogP contribution in [0.15, 0.2) is 40.9 Å². The molecule has 5 nitrogen and oxygen atoms in total. The fourth-order valence-corrected chi connectivity index (χ4v) is 2.75. The summed E-state index contributed by atoms with van der Waals surface area (Å²) in [5.41, 5.74) is 10.7. The molecular weight excluding hydrogens is 330 g/mol. The van der Waals surface area contributed by atoms with Crippen LogP contribution in [0.25, 0.3) is 17.1 Å². The van der Waals surface area contributed by atoms with Crippen LogP contribution >= 0.6 is 15.9 Å². The lowest BCUT2D eigenvalue weighted by atomic mass is 10.1. The van der Waals surface area contributed by atoms with Gasteiger partial charge < -0.3 is 5.73 Å². The third kappa shape index (κ3) is 2.54. The number of benzene rings is 2. The van der Waals surface area contributed by atoms with Crippen molar-refractivity contribution in [1.29, 1.82) is 0 Å². The summed E-state index contributed by atoms with van der Waals surface area (Å²) in [6.45, 7) is 4.01. The van der Waals surface area contributed by atoms with Crippen molar-refractivity contribution in [3.8, 4) is 17.1 Å². The van der Waals surface area contributed by atoms with Crippen molar-refractivity contribution in [1.82, 2.24) is 20.2 Å². The van der Waals surface area contributed by atoms with E-state index in [2.05, 4.69) is 31.5 Å². The molecule has 0 aliphatic carbocycles. The second-order valence-electron chi connectivity index (χ2n) is 4.94. The van der Waals surface area contributed by atoms with Crippen LogP contribution < -0.4 is 5.73 Å². The number of halogens is 1. The molecule has 0 saturated heterocycles. The number of aromatic nitrogens is 4. The molecule has 0 atom stereocenters. The van der Waals surface area contributed by atoms with Gasteiger partial charge >= 0.3 is 0 Å². The van der Waals surface area contributed by atoms with Gasteiger partial charge in [0.2, 0.25) is 0 Å². The van der Waals surface area contributed by atoms with Gasteiger partial charge in [-0.1, -0.05) is 18.2 Å². The van der Waals surface area contributed by atoms with E-state index in [9.17, 15) is 0 Å². The first-order chi connectivity index (χ1) is 10.1. The normalized spacial score (nSPS) is 10.8. The van der Waals surface area contributed by atoms with Gasteiger partial charge in [-0.15, -0.1) is 5.10 Å². The van der Waals surface area contributed by atoms with E-state index in [-0.39, 0.29) is 0 Å². The summed E-state index contributed by atoms with van der Waals surface area (Å²) < 4.78 is 2.64. The van der Waals surface area contributed by atoms with Gasteiger partial charge in [-0.2, -0.15) is 4.68 Å². The third-order valence-electron chi connectivity index (χ3n) is 3.34. The van der Waals surface area contributed by atoms with Gasteiger partial charge in [-0.3, -0.25) is 0 Å². The molecule has 21 heavy (non-hydrogen) atoms. The molecule has 0 amide bonds. The van der Waals surface area contributed by atoms with Crippen LogP contribution in [0.1, 0.15) is 11.1 Å². The summed E-state index contributed by atoms with van der Waals surface area (Å²) in [5, 5.41) is 12.0. The predicted octanol–water partition coefficient (Wildman–Crippen LogP) is 3.29. The number of tetrazole rings is 1. The van der Waals surface area contributed by atoms with Gasteiger partial charge in [0.1, 0.15) is 0 Å². The Bertz CT molecular complexity index is 810. The zero-order valence-corrected chi connectivity index (χ0v) is 13.3. The fraction of sp³-hybridized carbons (Fsp3) is 0.133.